The number of ether oxygens (including phenoxy) is 2. The zero-order valence-electron chi connectivity index (χ0n) is 24.5. The third-order valence-electron chi connectivity index (χ3n) is 8.20. The Kier molecular flexibility index (Phi) is 10.1. The zero-order chi connectivity index (χ0) is 27.7. The summed E-state index contributed by atoms with van der Waals surface area (Å²) in [5.41, 5.74) is 5.60. The molecule has 5 heteroatoms. The van der Waals surface area contributed by atoms with E-state index in [4.69, 9.17) is 9.47 Å². The molecule has 2 fully saturated rings. The monoisotopic (exact) mass is 556 g/mol. The van der Waals surface area contributed by atoms with Crippen molar-refractivity contribution in [3.8, 4) is 21.9 Å². The minimum absolute atomic E-state index is 0.766. The van der Waals surface area contributed by atoms with Crippen molar-refractivity contribution >= 4 is 21.4 Å². The van der Waals surface area contributed by atoms with Gasteiger partial charge < -0.3 is 9.47 Å². The van der Waals surface area contributed by atoms with Crippen LogP contribution in [0.15, 0.2) is 66.7 Å². The molecule has 0 N–H and O–H groups in total. The van der Waals surface area contributed by atoms with Crippen molar-refractivity contribution in [2.45, 2.75) is 52.5 Å². The minimum Gasteiger partial charge on any atom is -0.497 e. The lowest BCUT2D eigenvalue weighted by atomic mass is 10.0. The molecule has 0 saturated carbocycles. The first-order valence-corrected chi connectivity index (χ1v) is 15.8. The van der Waals surface area contributed by atoms with Crippen LogP contribution in [0.25, 0.3) is 20.5 Å². The predicted octanol–water partition coefficient (Wildman–Crippen LogP) is 8.20. The molecule has 1 aromatic heterocycles. The van der Waals surface area contributed by atoms with E-state index in [0.29, 0.717) is 0 Å². The highest BCUT2D eigenvalue weighted by Crippen LogP contribution is 2.40. The first-order chi connectivity index (χ1) is 19.6. The quantitative estimate of drug-likeness (QED) is 0.207. The van der Waals surface area contributed by atoms with E-state index in [9.17, 15) is 0 Å². The summed E-state index contributed by atoms with van der Waals surface area (Å²) in [6, 6.07) is 23.6. The Morgan fingerprint density at radius 1 is 0.800 bits per heavy atom. The second-order valence-electron chi connectivity index (χ2n) is 11.0. The maximum atomic E-state index is 5.95. The van der Waals surface area contributed by atoms with Crippen LogP contribution in [0.3, 0.4) is 0 Å². The number of rotatable bonds is 9. The summed E-state index contributed by atoms with van der Waals surface area (Å²) in [5.74, 6) is 1.87. The Hall–Kier alpha value is -2.86. The molecule has 4 nitrogen and oxygen atoms in total. The standard InChI is InChI=1S/C23H27NO2S.C12H17N/c1-3-20-21-11-10-19(25-2)16-22(21)27-23(20)17-6-8-18(9-7-17)26-15-14-24-12-4-5-13-24;1-11-6-2-3-7-12(11)10-13-8-4-5-9-13/h6-11,16H,3-5,12-15H2,1-2H3;2-3,6-7H,4-5,8-10H2,1H3. The molecule has 0 aliphatic carbocycles. The van der Waals surface area contributed by atoms with Gasteiger partial charge >= 0.3 is 0 Å². The lowest BCUT2D eigenvalue weighted by Crippen LogP contribution is -2.25. The van der Waals surface area contributed by atoms with Crippen LogP contribution < -0.4 is 9.47 Å². The normalized spacial score (nSPS) is 15.8. The van der Waals surface area contributed by atoms with Crippen LogP contribution in [0.4, 0.5) is 0 Å². The Balaban J connectivity index is 0.000000207. The van der Waals surface area contributed by atoms with E-state index in [2.05, 4.69) is 90.4 Å². The van der Waals surface area contributed by atoms with Crippen molar-refractivity contribution in [1.29, 1.82) is 0 Å². The fourth-order valence-corrected chi connectivity index (χ4v) is 7.14. The summed E-state index contributed by atoms with van der Waals surface area (Å²) in [5, 5.41) is 1.34. The topological polar surface area (TPSA) is 24.9 Å². The van der Waals surface area contributed by atoms with Crippen molar-refractivity contribution in [3.63, 3.8) is 0 Å². The number of fused-ring (bicyclic) bond motifs is 1. The molecule has 0 unspecified atom stereocenters. The van der Waals surface area contributed by atoms with E-state index in [-0.39, 0.29) is 0 Å². The second-order valence-corrected chi connectivity index (χ2v) is 12.0. The van der Waals surface area contributed by atoms with Crippen LogP contribution in [-0.2, 0) is 13.0 Å². The van der Waals surface area contributed by atoms with E-state index in [1.165, 1.54) is 89.1 Å². The van der Waals surface area contributed by atoms with Crippen LogP contribution in [0.1, 0.15) is 49.3 Å². The van der Waals surface area contributed by atoms with Gasteiger partial charge in [0.25, 0.3) is 0 Å². The molecule has 40 heavy (non-hydrogen) atoms. The Bertz CT molecular complexity index is 1350. The van der Waals surface area contributed by atoms with Gasteiger partial charge in [-0.05, 0) is 135 Å². The Morgan fingerprint density at radius 2 is 1.48 bits per heavy atom. The fourth-order valence-electron chi connectivity index (χ4n) is 5.81. The lowest BCUT2D eigenvalue weighted by Gasteiger charge is -2.15. The average molecular weight is 557 g/mol. The van der Waals surface area contributed by atoms with Crippen molar-refractivity contribution in [2.24, 2.45) is 0 Å². The number of likely N-dealkylation sites (tertiary alicyclic amines) is 2. The molecule has 6 rings (SSSR count). The highest BCUT2D eigenvalue weighted by Gasteiger charge is 2.15. The molecular weight excluding hydrogens is 512 g/mol. The predicted molar refractivity (Wildman–Crippen MR) is 170 cm³/mol. The lowest BCUT2D eigenvalue weighted by molar-refractivity contribution is 0.238. The van der Waals surface area contributed by atoms with E-state index >= 15 is 0 Å². The summed E-state index contributed by atoms with van der Waals surface area (Å²) in [4.78, 5) is 6.37. The van der Waals surface area contributed by atoms with Crippen molar-refractivity contribution < 1.29 is 9.47 Å². The molecule has 212 valence electrons. The van der Waals surface area contributed by atoms with Crippen LogP contribution in [0, 0.1) is 6.92 Å². The van der Waals surface area contributed by atoms with Gasteiger partial charge in [0.1, 0.15) is 18.1 Å². The number of hydrogen-bond acceptors (Lipinski definition) is 5. The summed E-state index contributed by atoms with van der Waals surface area (Å²) in [6.07, 6.45) is 6.44. The maximum absolute atomic E-state index is 5.95. The van der Waals surface area contributed by atoms with E-state index in [1.807, 2.05) is 11.3 Å². The number of hydrogen-bond donors (Lipinski definition) is 0. The maximum Gasteiger partial charge on any atom is 0.120 e. The van der Waals surface area contributed by atoms with Gasteiger partial charge in [-0.15, -0.1) is 11.3 Å². The molecule has 0 bridgehead atoms. The first kappa shape index (κ1) is 28.7. The molecule has 2 saturated heterocycles. The van der Waals surface area contributed by atoms with Crippen LogP contribution in [-0.4, -0.2) is 56.2 Å². The van der Waals surface area contributed by atoms with Crippen LogP contribution in [0.5, 0.6) is 11.5 Å². The summed E-state index contributed by atoms with van der Waals surface area (Å²) >= 11 is 1.84. The van der Waals surface area contributed by atoms with Gasteiger partial charge in [0.2, 0.25) is 0 Å². The van der Waals surface area contributed by atoms with Crippen LogP contribution in [0.2, 0.25) is 0 Å². The third kappa shape index (κ3) is 7.25. The molecule has 2 aliphatic rings. The Morgan fingerprint density at radius 3 is 2.15 bits per heavy atom. The van der Waals surface area contributed by atoms with Gasteiger partial charge in [0.15, 0.2) is 0 Å². The number of aryl methyl sites for hydroxylation is 2. The summed E-state index contributed by atoms with van der Waals surface area (Å²) in [7, 11) is 1.72. The van der Waals surface area contributed by atoms with Crippen molar-refractivity contribution in [2.75, 3.05) is 46.4 Å². The van der Waals surface area contributed by atoms with Gasteiger partial charge in [-0.25, -0.2) is 0 Å². The number of thiophene rings is 1. The number of benzene rings is 3. The van der Waals surface area contributed by atoms with Gasteiger partial charge in [0, 0.05) is 22.7 Å². The van der Waals surface area contributed by atoms with Gasteiger partial charge in [-0.1, -0.05) is 31.2 Å². The molecule has 3 aromatic carbocycles. The Labute approximate surface area is 244 Å². The smallest absolute Gasteiger partial charge is 0.120 e. The van der Waals surface area contributed by atoms with Crippen LogP contribution >= 0.6 is 11.3 Å². The van der Waals surface area contributed by atoms with E-state index in [1.54, 1.807) is 7.11 Å². The molecule has 0 atom stereocenters. The van der Waals surface area contributed by atoms with E-state index < -0.39 is 0 Å². The second kappa shape index (κ2) is 14.2. The summed E-state index contributed by atoms with van der Waals surface area (Å²) in [6.45, 7) is 12.4. The van der Waals surface area contributed by atoms with Gasteiger partial charge in [0.05, 0.1) is 7.11 Å². The third-order valence-corrected chi connectivity index (χ3v) is 9.44. The molecular formula is C35H44N2O2S. The molecule has 3 heterocycles. The first-order valence-electron chi connectivity index (χ1n) is 15.0. The fraction of sp³-hybridized carbons (Fsp3) is 0.429. The molecule has 4 aromatic rings. The highest BCUT2D eigenvalue weighted by atomic mass is 32.1. The number of nitrogens with zero attached hydrogens (tertiary/aromatic N) is 2. The van der Waals surface area contributed by atoms with E-state index in [0.717, 1.165) is 37.6 Å². The molecule has 0 amide bonds. The van der Waals surface area contributed by atoms with Crippen molar-refractivity contribution in [3.05, 3.63) is 83.4 Å². The SMILES string of the molecule is CCc1c(-c2ccc(OCCN3CCCC3)cc2)sc2cc(OC)ccc12.Cc1ccccc1CN1CCCC1. The number of methoxy groups -OCH3 is 1. The molecule has 2 aliphatic heterocycles. The van der Waals surface area contributed by atoms with Gasteiger partial charge in [-0.2, -0.15) is 0 Å². The highest BCUT2D eigenvalue weighted by molar-refractivity contribution is 7.22. The van der Waals surface area contributed by atoms with Crippen molar-refractivity contribution in [1.82, 2.24) is 9.80 Å². The summed E-state index contributed by atoms with van der Waals surface area (Å²) < 4.78 is 12.6. The van der Waals surface area contributed by atoms with Gasteiger partial charge in [-0.3, -0.25) is 9.80 Å². The minimum atomic E-state index is 0.766. The molecule has 0 radical (unpaired) electrons. The zero-order valence-corrected chi connectivity index (χ0v) is 25.3. The molecule has 0 spiro atoms. The average Bonchev–Trinajstić information content (AvgIpc) is 3.76. The largest absolute Gasteiger partial charge is 0.497 e.